The van der Waals surface area contributed by atoms with Crippen LogP contribution in [0.15, 0.2) is 30.6 Å². The van der Waals surface area contributed by atoms with E-state index in [-0.39, 0.29) is 5.02 Å². The summed E-state index contributed by atoms with van der Waals surface area (Å²) in [7, 11) is 0. The minimum Gasteiger partial charge on any atom is -0.326 e. The molecule has 1 N–H and O–H groups in total. The van der Waals surface area contributed by atoms with E-state index < -0.39 is 5.82 Å². The monoisotopic (exact) mass is 251 g/mol. The van der Waals surface area contributed by atoms with Crippen LogP contribution in [0.2, 0.25) is 5.02 Å². The second-order valence-corrected chi connectivity index (χ2v) is 4.55. The molecule has 1 saturated carbocycles. The summed E-state index contributed by atoms with van der Waals surface area (Å²) in [5, 5.41) is 3.22. The minimum absolute atomic E-state index is 0.126. The molecule has 2 aromatic rings. The lowest BCUT2D eigenvalue weighted by Crippen LogP contribution is -2.01. The zero-order chi connectivity index (χ0) is 11.8. The number of imidazole rings is 1. The van der Waals surface area contributed by atoms with Crippen LogP contribution in [0.1, 0.15) is 18.9 Å². The molecule has 5 heteroatoms. The number of rotatable bonds is 3. The van der Waals surface area contributed by atoms with E-state index in [2.05, 4.69) is 14.9 Å². The number of nitrogens with one attached hydrogen (secondary N) is 1. The summed E-state index contributed by atoms with van der Waals surface area (Å²) in [6.07, 6.45) is 6.04. The molecule has 1 aliphatic rings. The van der Waals surface area contributed by atoms with Gasteiger partial charge in [0.25, 0.3) is 0 Å². The first-order valence-corrected chi connectivity index (χ1v) is 5.87. The highest BCUT2D eigenvalue weighted by molar-refractivity contribution is 6.30. The van der Waals surface area contributed by atoms with Gasteiger partial charge in [-0.3, -0.25) is 0 Å². The van der Waals surface area contributed by atoms with Crippen molar-refractivity contribution in [2.24, 2.45) is 0 Å². The Kier molecular flexibility index (Phi) is 2.52. The van der Waals surface area contributed by atoms with E-state index in [4.69, 9.17) is 11.6 Å². The Morgan fingerprint density at radius 2 is 2.24 bits per heavy atom. The van der Waals surface area contributed by atoms with Crippen LogP contribution in [-0.4, -0.2) is 9.55 Å². The number of anilines is 2. The number of hydrogen-bond donors (Lipinski definition) is 1. The Morgan fingerprint density at radius 3 is 2.94 bits per heavy atom. The van der Waals surface area contributed by atoms with Gasteiger partial charge in [0, 0.05) is 24.1 Å². The van der Waals surface area contributed by atoms with Crippen LogP contribution < -0.4 is 5.32 Å². The average Bonchev–Trinajstić information content (AvgIpc) is 3.05. The van der Waals surface area contributed by atoms with Crippen LogP contribution in [0.5, 0.6) is 0 Å². The highest BCUT2D eigenvalue weighted by atomic mass is 35.5. The Hall–Kier alpha value is -1.55. The molecule has 0 bridgehead atoms. The van der Waals surface area contributed by atoms with E-state index in [1.54, 1.807) is 12.3 Å². The second kappa shape index (κ2) is 4.04. The van der Waals surface area contributed by atoms with Crippen molar-refractivity contribution in [2.75, 3.05) is 5.32 Å². The maximum atomic E-state index is 13.3. The molecule has 0 radical (unpaired) electrons. The Morgan fingerprint density at radius 1 is 1.41 bits per heavy atom. The molecule has 0 spiro atoms. The maximum absolute atomic E-state index is 13.3. The van der Waals surface area contributed by atoms with Gasteiger partial charge in [0.15, 0.2) is 0 Å². The molecular formula is C12H11ClFN3. The van der Waals surface area contributed by atoms with Gasteiger partial charge in [-0.15, -0.1) is 0 Å². The van der Waals surface area contributed by atoms with Crippen molar-refractivity contribution in [3.8, 4) is 0 Å². The Balaban J connectivity index is 1.85. The number of aromatic nitrogens is 2. The van der Waals surface area contributed by atoms with Crippen LogP contribution in [-0.2, 0) is 0 Å². The van der Waals surface area contributed by atoms with Crippen LogP contribution >= 0.6 is 11.6 Å². The van der Waals surface area contributed by atoms with Crippen LogP contribution in [0.25, 0.3) is 0 Å². The predicted molar refractivity (Wildman–Crippen MR) is 65.2 cm³/mol. The topological polar surface area (TPSA) is 29.9 Å². The van der Waals surface area contributed by atoms with Crippen molar-refractivity contribution < 1.29 is 4.39 Å². The highest BCUT2D eigenvalue weighted by Crippen LogP contribution is 2.37. The average molecular weight is 252 g/mol. The third-order valence-electron chi connectivity index (χ3n) is 2.78. The van der Waals surface area contributed by atoms with Crippen molar-refractivity contribution in [3.05, 3.63) is 41.4 Å². The molecule has 1 aliphatic carbocycles. The second-order valence-electron chi connectivity index (χ2n) is 4.14. The van der Waals surface area contributed by atoms with Gasteiger partial charge in [0.2, 0.25) is 5.95 Å². The quantitative estimate of drug-likeness (QED) is 0.900. The maximum Gasteiger partial charge on any atom is 0.207 e. The van der Waals surface area contributed by atoms with Gasteiger partial charge in [-0.1, -0.05) is 11.6 Å². The molecule has 3 rings (SSSR count). The van der Waals surface area contributed by atoms with Gasteiger partial charge < -0.3 is 9.88 Å². The van der Waals surface area contributed by atoms with Gasteiger partial charge in [-0.05, 0) is 31.0 Å². The molecule has 0 amide bonds. The number of benzene rings is 1. The number of halogens is 2. The van der Waals surface area contributed by atoms with E-state index in [0.717, 1.165) is 5.95 Å². The van der Waals surface area contributed by atoms with Gasteiger partial charge in [-0.2, -0.15) is 0 Å². The van der Waals surface area contributed by atoms with E-state index in [1.807, 2.05) is 6.20 Å². The third-order valence-corrected chi connectivity index (χ3v) is 3.09. The Labute approximate surface area is 103 Å². The standard InChI is InChI=1S/C12H11ClFN3/c13-10-4-1-8(7-11(10)14)16-12-15-5-6-17(12)9-2-3-9/h1,4-7,9H,2-3H2,(H,15,16). The van der Waals surface area contributed by atoms with Crippen molar-refractivity contribution in [3.63, 3.8) is 0 Å². The lowest BCUT2D eigenvalue weighted by molar-refractivity contribution is 0.629. The number of nitrogens with zero attached hydrogens (tertiary/aromatic N) is 2. The SMILES string of the molecule is Fc1cc(Nc2nccn2C2CC2)ccc1Cl. The van der Waals surface area contributed by atoms with Gasteiger partial charge >= 0.3 is 0 Å². The summed E-state index contributed by atoms with van der Waals surface area (Å²) in [4.78, 5) is 4.22. The lowest BCUT2D eigenvalue weighted by Gasteiger charge is -2.09. The van der Waals surface area contributed by atoms with Gasteiger partial charge in [0.05, 0.1) is 5.02 Å². The first kappa shape index (κ1) is 10.6. The van der Waals surface area contributed by atoms with Crippen molar-refractivity contribution in [2.45, 2.75) is 18.9 Å². The molecule has 1 aromatic carbocycles. The van der Waals surface area contributed by atoms with Crippen LogP contribution in [0, 0.1) is 5.82 Å². The third kappa shape index (κ3) is 2.13. The van der Waals surface area contributed by atoms with Crippen molar-refractivity contribution >= 4 is 23.2 Å². The fraction of sp³-hybridized carbons (Fsp3) is 0.250. The Bertz CT molecular complexity index is 548. The first-order chi connectivity index (χ1) is 8.24. The van der Waals surface area contributed by atoms with Crippen LogP contribution in [0.4, 0.5) is 16.0 Å². The fourth-order valence-corrected chi connectivity index (χ4v) is 1.88. The predicted octanol–water partition coefficient (Wildman–Crippen LogP) is 3.75. The van der Waals surface area contributed by atoms with Gasteiger partial charge in [-0.25, -0.2) is 9.37 Å². The molecule has 1 fully saturated rings. The van der Waals surface area contributed by atoms with Crippen molar-refractivity contribution in [1.82, 2.24) is 9.55 Å². The zero-order valence-electron chi connectivity index (χ0n) is 9.03. The summed E-state index contributed by atoms with van der Waals surface area (Å²) < 4.78 is 15.4. The lowest BCUT2D eigenvalue weighted by atomic mass is 10.3. The van der Waals surface area contributed by atoms with E-state index >= 15 is 0 Å². The normalized spacial score (nSPS) is 14.9. The number of hydrogen-bond acceptors (Lipinski definition) is 2. The molecule has 0 unspecified atom stereocenters. The molecule has 17 heavy (non-hydrogen) atoms. The molecule has 0 saturated heterocycles. The molecule has 3 nitrogen and oxygen atoms in total. The smallest absolute Gasteiger partial charge is 0.207 e. The minimum atomic E-state index is -0.429. The van der Waals surface area contributed by atoms with Crippen molar-refractivity contribution in [1.29, 1.82) is 0 Å². The summed E-state index contributed by atoms with van der Waals surface area (Å²) in [5.41, 5.74) is 0.653. The van der Waals surface area contributed by atoms with E-state index in [0.29, 0.717) is 11.7 Å². The van der Waals surface area contributed by atoms with Crippen LogP contribution in [0.3, 0.4) is 0 Å². The molecule has 1 heterocycles. The summed E-state index contributed by atoms with van der Waals surface area (Å²) in [6.45, 7) is 0. The molecule has 88 valence electrons. The van der Waals surface area contributed by atoms with E-state index in [1.165, 1.54) is 25.0 Å². The summed E-state index contributed by atoms with van der Waals surface area (Å²) in [6, 6.07) is 5.17. The molecule has 1 aromatic heterocycles. The molecule has 0 aliphatic heterocycles. The van der Waals surface area contributed by atoms with Gasteiger partial charge in [0.1, 0.15) is 5.82 Å². The molecular weight excluding hydrogens is 241 g/mol. The first-order valence-electron chi connectivity index (χ1n) is 5.49. The summed E-state index contributed by atoms with van der Waals surface area (Å²) >= 11 is 5.63. The largest absolute Gasteiger partial charge is 0.326 e. The van der Waals surface area contributed by atoms with E-state index in [9.17, 15) is 4.39 Å². The summed E-state index contributed by atoms with van der Waals surface area (Å²) in [5.74, 6) is 0.315. The molecule has 0 atom stereocenters. The zero-order valence-corrected chi connectivity index (χ0v) is 9.78. The highest BCUT2D eigenvalue weighted by Gasteiger charge is 2.25. The fourth-order valence-electron chi connectivity index (χ4n) is 1.76.